The molecule has 2 rings (SSSR count). The van der Waals surface area contributed by atoms with Crippen LogP contribution in [0.5, 0.6) is 0 Å². The minimum Gasteiger partial charge on any atom is -0.481 e. The predicted octanol–water partition coefficient (Wildman–Crippen LogP) is 3.02. The number of hydrogen-bond acceptors (Lipinski definition) is 2. The van der Waals surface area contributed by atoms with E-state index in [-0.39, 0.29) is 18.3 Å². The lowest BCUT2D eigenvalue weighted by Crippen LogP contribution is -2.38. The first kappa shape index (κ1) is 16.0. The molecule has 1 unspecified atom stereocenters. The van der Waals surface area contributed by atoms with Crippen LogP contribution in [-0.2, 0) is 11.3 Å². The number of halogens is 1. The van der Waals surface area contributed by atoms with E-state index in [4.69, 9.17) is 5.11 Å². The molecule has 1 aliphatic heterocycles. The molecule has 1 fully saturated rings. The molecule has 0 saturated carbocycles. The molecule has 3 nitrogen and oxygen atoms in total. The number of rotatable bonds is 3. The molecule has 1 aromatic rings. The van der Waals surface area contributed by atoms with Crippen molar-refractivity contribution in [3.63, 3.8) is 0 Å². The Hall–Kier alpha value is -1.06. The molecule has 1 heterocycles. The van der Waals surface area contributed by atoms with Gasteiger partial charge in [0, 0.05) is 13.1 Å². The molecule has 4 heteroatoms. The Morgan fingerprint density at radius 2 is 2.16 bits per heavy atom. The van der Waals surface area contributed by atoms with Gasteiger partial charge in [-0.1, -0.05) is 23.8 Å². The molecule has 1 saturated heterocycles. The number of aryl methyl sites for hydroxylation is 2. The summed E-state index contributed by atoms with van der Waals surface area (Å²) < 4.78 is 0. The molecule has 106 valence electrons. The number of aliphatic carboxylic acids is 1. The highest BCUT2D eigenvalue weighted by Gasteiger charge is 2.25. The van der Waals surface area contributed by atoms with E-state index in [9.17, 15) is 4.79 Å². The Morgan fingerprint density at radius 3 is 2.84 bits per heavy atom. The van der Waals surface area contributed by atoms with Gasteiger partial charge in [-0.2, -0.15) is 0 Å². The molecule has 1 aromatic carbocycles. The van der Waals surface area contributed by atoms with E-state index < -0.39 is 5.97 Å². The van der Waals surface area contributed by atoms with Crippen LogP contribution >= 0.6 is 12.4 Å². The fourth-order valence-corrected chi connectivity index (χ4v) is 2.61. The largest absolute Gasteiger partial charge is 0.481 e. The van der Waals surface area contributed by atoms with Crippen molar-refractivity contribution in [2.24, 2.45) is 5.92 Å². The summed E-state index contributed by atoms with van der Waals surface area (Å²) >= 11 is 0. The fourth-order valence-electron chi connectivity index (χ4n) is 2.61. The summed E-state index contributed by atoms with van der Waals surface area (Å²) in [4.78, 5) is 13.3. The van der Waals surface area contributed by atoms with Crippen molar-refractivity contribution in [1.29, 1.82) is 0 Å². The van der Waals surface area contributed by atoms with Crippen LogP contribution in [-0.4, -0.2) is 29.1 Å². The first-order chi connectivity index (χ1) is 8.56. The van der Waals surface area contributed by atoms with Gasteiger partial charge in [0.2, 0.25) is 0 Å². The lowest BCUT2D eigenvalue weighted by Gasteiger charge is -2.31. The maximum Gasteiger partial charge on any atom is 0.307 e. The SMILES string of the molecule is Cc1ccc(C)c(CN2CCCC(C(=O)O)C2)c1.Cl. The number of carbonyl (C=O) groups is 1. The topological polar surface area (TPSA) is 40.5 Å². The first-order valence-electron chi connectivity index (χ1n) is 6.57. The van der Waals surface area contributed by atoms with Crippen LogP contribution in [0.25, 0.3) is 0 Å². The monoisotopic (exact) mass is 283 g/mol. The second kappa shape index (κ2) is 6.92. The Labute approximate surface area is 121 Å². The lowest BCUT2D eigenvalue weighted by atomic mass is 9.97. The van der Waals surface area contributed by atoms with Gasteiger partial charge in [-0.15, -0.1) is 12.4 Å². The summed E-state index contributed by atoms with van der Waals surface area (Å²) in [7, 11) is 0. The lowest BCUT2D eigenvalue weighted by molar-refractivity contribution is -0.143. The van der Waals surface area contributed by atoms with Crippen LogP contribution in [0, 0.1) is 19.8 Å². The van der Waals surface area contributed by atoms with Crippen LogP contribution in [0.15, 0.2) is 18.2 Å². The Bertz CT molecular complexity index is 448. The van der Waals surface area contributed by atoms with Gasteiger partial charge < -0.3 is 5.11 Å². The minimum absolute atomic E-state index is 0. The van der Waals surface area contributed by atoms with E-state index in [1.165, 1.54) is 16.7 Å². The van der Waals surface area contributed by atoms with Crippen LogP contribution < -0.4 is 0 Å². The molecule has 0 aliphatic carbocycles. The molecule has 1 atom stereocenters. The number of hydrogen-bond donors (Lipinski definition) is 1. The summed E-state index contributed by atoms with van der Waals surface area (Å²) in [5, 5.41) is 9.09. The van der Waals surface area contributed by atoms with E-state index in [1.54, 1.807) is 0 Å². The first-order valence-corrected chi connectivity index (χ1v) is 6.57. The van der Waals surface area contributed by atoms with Gasteiger partial charge in [-0.05, 0) is 44.4 Å². The Kier molecular flexibility index (Phi) is 5.83. The van der Waals surface area contributed by atoms with Crippen molar-refractivity contribution in [1.82, 2.24) is 4.90 Å². The maximum absolute atomic E-state index is 11.0. The standard InChI is InChI=1S/C15H21NO2.ClH/c1-11-5-6-12(2)14(8-11)10-16-7-3-4-13(9-16)15(17)18;/h5-6,8,13H,3-4,7,9-10H2,1-2H3,(H,17,18);1H. The number of carboxylic acid groups (broad SMARTS) is 1. The van der Waals surface area contributed by atoms with Crippen molar-refractivity contribution in [3.05, 3.63) is 34.9 Å². The summed E-state index contributed by atoms with van der Waals surface area (Å²) in [6.45, 7) is 6.78. The quantitative estimate of drug-likeness (QED) is 0.927. The molecule has 1 N–H and O–H groups in total. The summed E-state index contributed by atoms with van der Waals surface area (Å²) in [5.41, 5.74) is 3.88. The fraction of sp³-hybridized carbons (Fsp3) is 0.533. The molecular weight excluding hydrogens is 262 g/mol. The van der Waals surface area contributed by atoms with Gasteiger partial charge in [0.1, 0.15) is 0 Å². The van der Waals surface area contributed by atoms with Crippen molar-refractivity contribution in [2.75, 3.05) is 13.1 Å². The molecule has 1 aliphatic rings. The van der Waals surface area contributed by atoms with Gasteiger partial charge in [-0.3, -0.25) is 9.69 Å². The van der Waals surface area contributed by atoms with Gasteiger partial charge in [0.25, 0.3) is 0 Å². The number of carboxylic acids is 1. The second-order valence-corrected chi connectivity index (χ2v) is 5.34. The summed E-state index contributed by atoms with van der Waals surface area (Å²) in [6, 6.07) is 6.47. The third-order valence-corrected chi connectivity index (χ3v) is 3.75. The number of benzene rings is 1. The predicted molar refractivity (Wildman–Crippen MR) is 78.8 cm³/mol. The van der Waals surface area contributed by atoms with E-state index in [2.05, 4.69) is 36.9 Å². The van der Waals surface area contributed by atoms with Crippen LogP contribution in [0.2, 0.25) is 0 Å². The minimum atomic E-state index is -0.652. The molecule has 0 aromatic heterocycles. The van der Waals surface area contributed by atoms with Crippen molar-refractivity contribution < 1.29 is 9.90 Å². The zero-order chi connectivity index (χ0) is 13.1. The van der Waals surface area contributed by atoms with E-state index in [0.717, 1.165) is 25.9 Å². The Balaban J connectivity index is 0.00000180. The average molecular weight is 284 g/mol. The Morgan fingerprint density at radius 1 is 1.42 bits per heavy atom. The van der Waals surface area contributed by atoms with E-state index in [0.29, 0.717) is 6.54 Å². The molecule has 0 radical (unpaired) electrons. The number of piperidine rings is 1. The average Bonchev–Trinajstić information content (AvgIpc) is 2.34. The summed E-state index contributed by atoms with van der Waals surface area (Å²) in [6.07, 6.45) is 1.81. The highest BCUT2D eigenvalue weighted by Crippen LogP contribution is 2.20. The van der Waals surface area contributed by atoms with E-state index in [1.807, 2.05) is 0 Å². The third kappa shape index (κ3) is 4.22. The highest BCUT2D eigenvalue weighted by atomic mass is 35.5. The van der Waals surface area contributed by atoms with Crippen molar-refractivity contribution >= 4 is 18.4 Å². The molecule has 0 spiro atoms. The van der Waals surface area contributed by atoms with Gasteiger partial charge in [0.15, 0.2) is 0 Å². The molecular formula is C15H22ClNO2. The smallest absolute Gasteiger partial charge is 0.307 e. The number of nitrogens with zero attached hydrogens (tertiary/aromatic N) is 1. The highest BCUT2D eigenvalue weighted by molar-refractivity contribution is 5.85. The molecule has 19 heavy (non-hydrogen) atoms. The molecule has 0 bridgehead atoms. The maximum atomic E-state index is 11.0. The van der Waals surface area contributed by atoms with Crippen molar-refractivity contribution in [2.45, 2.75) is 33.2 Å². The third-order valence-electron chi connectivity index (χ3n) is 3.75. The molecule has 0 amide bonds. The van der Waals surface area contributed by atoms with Crippen molar-refractivity contribution in [3.8, 4) is 0 Å². The zero-order valence-corrected chi connectivity index (χ0v) is 12.4. The van der Waals surface area contributed by atoms with Gasteiger partial charge in [0.05, 0.1) is 5.92 Å². The zero-order valence-electron chi connectivity index (χ0n) is 11.6. The van der Waals surface area contributed by atoms with Gasteiger partial charge in [-0.25, -0.2) is 0 Å². The second-order valence-electron chi connectivity index (χ2n) is 5.34. The van der Waals surface area contributed by atoms with E-state index >= 15 is 0 Å². The summed E-state index contributed by atoms with van der Waals surface area (Å²) in [5.74, 6) is -0.843. The van der Waals surface area contributed by atoms with Crippen LogP contribution in [0.1, 0.15) is 29.5 Å². The van der Waals surface area contributed by atoms with Gasteiger partial charge >= 0.3 is 5.97 Å². The van der Waals surface area contributed by atoms with Crippen LogP contribution in [0.4, 0.5) is 0 Å². The van der Waals surface area contributed by atoms with Crippen LogP contribution in [0.3, 0.4) is 0 Å². The number of likely N-dealkylation sites (tertiary alicyclic amines) is 1. The normalized spacial score (nSPS) is 19.8.